The van der Waals surface area contributed by atoms with E-state index in [1.807, 2.05) is 18.2 Å². The Morgan fingerprint density at radius 3 is 2.23 bits per heavy atom. The van der Waals surface area contributed by atoms with Crippen LogP contribution in [0.15, 0.2) is 60.7 Å². The molecule has 1 N–H and O–H groups in total. The van der Waals surface area contributed by atoms with Crippen molar-refractivity contribution in [2.75, 3.05) is 19.4 Å². The standard InChI is InChI=1S/C25H34N2O3S/c1-31(28,29)26-24-16-17-27(18-20-8-4-2-5-9-20)25(24)19-30-23-14-12-22(13-15-23)21-10-6-3-7-11-21/h2-11,22-26H,12-19H2,1H3/t22?,23?,24?,25-/m0/s1. The van der Waals surface area contributed by atoms with E-state index in [1.54, 1.807) is 0 Å². The molecule has 1 aliphatic carbocycles. The van der Waals surface area contributed by atoms with Crippen molar-refractivity contribution in [2.45, 2.75) is 62.8 Å². The van der Waals surface area contributed by atoms with Crippen LogP contribution in [0.25, 0.3) is 0 Å². The zero-order chi connectivity index (χ0) is 21.7. The molecule has 0 aromatic heterocycles. The molecular formula is C25H34N2O3S. The molecule has 2 fully saturated rings. The highest BCUT2D eigenvalue weighted by Crippen LogP contribution is 2.34. The van der Waals surface area contributed by atoms with Crippen LogP contribution in [0.2, 0.25) is 0 Å². The summed E-state index contributed by atoms with van der Waals surface area (Å²) in [6.45, 7) is 2.26. The lowest BCUT2D eigenvalue weighted by Crippen LogP contribution is -2.47. The lowest BCUT2D eigenvalue weighted by molar-refractivity contribution is -0.00739. The van der Waals surface area contributed by atoms with Gasteiger partial charge in [0.05, 0.1) is 19.0 Å². The summed E-state index contributed by atoms with van der Waals surface area (Å²) in [6, 6.07) is 21.1. The second kappa shape index (κ2) is 10.3. The number of nitrogens with zero attached hydrogens (tertiary/aromatic N) is 1. The van der Waals surface area contributed by atoms with Gasteiger partial charge in [0.1, 0.15) is 0 Å². The summed E-state index contributed by atoms with van der Waals surface area (Å²) >= 11 is 0. The maximum Gasteiger partial charge on any atom is 0.209 e. The monoisotopic (exact) mass is 442 g/mol. The van der Waals surface area contributed by atoms with Crippen molar-refractivity contribution in [3.63, 3.8) is 0 Å². The van der Waals surface area contributed by atoms with Gasteiger partial charge in [0, 0.05) is 25.2 Å². The van der Waals surface area contributed by atoms with Crippen LogP contribution in [0.5, 0.6) is 0 Å². The average molecular weight is 443 g/mol. The van der Waals surface area contributed by atoms with Crippen LogP contribution in [-0.4, -0.2) is 50.9 Å². The topological polar surface area (TPSA) is 58.6 Å². The summed E-state index contributed by atoms with van der Waals surface area (Å²) in [6.07, 6.45) is 6.75. The number of hydrogen-bond acceptors (Lipinski definition) is 4. The molecule has 5 nitrogen and oxygen atoms in total. The van der Waals surface area contributed by atoms with Gasteiger partial charge in [0.15, 0.2) is 0 Å². The van der Waals surface area contributed by atoms with E-state index in [1.165, 1.54) is 17.4 Å². The van der Waals surface area contributed by atoms with Crippen LogP contribution in [0.3, 0.4) is 0 Å². The first-order valence-corrected chi connectivity index (χ1v) is 13.3. The van der Waals surface area contributed by atoms with E-state index < -0.39 is 10.0 Å². The minimum absolute atomic E-state index is 0.0572. The summed E-state index contributed by atoms with van der Waals surface area (Å²) in [4.78, 5) is 2.37. The molecule has 1 aliphatic heterocycles. The number of ether oxygens (including phenoxy) is 1. The molecule has 2 aromatic rings. The fourth-order valence-corrected chi connectivity index (χ4v) is 5.91. The maximum absolute atomic E-state index is 11.9. The fourth-order valence-electron chi connectivity index (χ4n) is 5.09. The molecule has 0 radical (unpaired) electrons. The largest absolute Gasteiger partial charge is 0.377 e. The van der Waals surface area contributed by atoms with Crippen molar-refractivity contribution in [1.82, 2.24) is 9.62 Å². The van der Waals surface area contributed by atoms with Crippen LogP contribution in [0.1, 0.15) is 49.1 Å². The Morgan fingerprint density at radius 1 is 0.935 bits per heavy atom. The highest BCUT2D eigenvalue weighted by Gasteiger charge is 2.36. The molecule has 2 atom stereocenters. The molecule has 1 heterocycles. The third kappa shape index (κ3) is 6.39. The Morgan fingerprint density at radius 2 is 1.58 bits per heavy atom. The minimum atomic E-state index is -3.25. The molecule has 1 saturated heterocycles. The fraction of sp³-hybridized carbons (Fsp3) is 0.520. The first-order valence-electron chi connectivity index (χ1n) is 11.4. The molecule has 0 spiro atoms. The van der Waals surface area contributed by atoms with Crippen LogP contribution in [0, 0.1) is 0 Å². The first-order chi connectivity index (χ1) is 15.0. The molecule has 168 valence electrons. The highest BCUT2D eigenvalue weighted by atomic mass is 32.2. The zero-order valence-electron chi connectivity index (χ0n) is 18.3. The molecule has 6 heteroatoms. The smallest absolute Gasteiger partial charge is 0.209 e. The van der Waals surface area contributed by atoms with Gasteiger partial charge in [-0.3, -0.25) is 4.90 Å². The molecule has 31 heavy (non-hydrogen) atoms. The molecular weight excluding hydrogens is 408 g/mol. The van der Waals surface area contributed by atoms with Crippen molar-refractivity contribution >= 4 is 10.0 Å². The van der Waals surface area contributed by atoms with Gasteiger partial charge in [-0.2, -0.15) is 0 Å². The van der Waals surface area contributed by atoms with Gasteiger partial charge in [-0.05, 0) is 49.1 Å². The van der Waals surface area contributed by atoms with Crippen molar-refractivity contribution < 1.29 is 13.2 Å². The molecule has 0 bridgehead atoms. The van der Waals surface area contributed by atoms with E-state index in [4.69, 9.17) is 4.74 Å². The normalized spacial score (nSPS) is 27.4. The van der Waals surface area contributed by atoms with E-state index in [2.05, 4.69) is 52.1 Å². The zero-order valence-corrected chi connectivity index (χ0v) is 19.1. The van der Waals surface area contributed by atoms with E-state index in [9.17, 15) is 8.42 Å². The Bertz CT molecular complexity index is 912. The molecule has 1 unspecified atom stereocenters. The van der Waals surface area contributed by atoms with Gasteiger partial charge in [0.2, 0.25) is 10.0 Å². The quantitative estimate of drug-likeness (QED) is 0.673. The molecule has 0 amide bonds. The van der Waals surface area contributed by atoms with Crippen molar-refractivity contribution in [1.29, 1.82) is 0 Å². The predicted octanol–water partition coefficient (Wildman–Crippen LogP) is 3.92. The Kier molecular flexibility index (Phi) is 7.43. The van der Waals surface area contributed by atoms with Crippen molar-refractivity contribution in [3.05, 3.63) is 71.8 Å². The Hall–Kier alpha value is -1.73. The average Bonchev–Trinajstić information content (AvgIpc) is 3.13. The number of rotatable bonds is 8. The first kappa shape index (κ1) is 22.5. The third-order valence-electron chi connectivity index (χ3n) is 6.70. The third-order valence-corrected chi connectivity index (χ3v) is 7.43. The molecule has 2 aromatic carbocycles. The SMILES string of the molecule is CS(=O)(=O)NC1CCN(Cc2ccccc2)[C@H]1COC1CCC(c2ccccc2)CC1. The van der Waals surface area contributed by atoms with Crippen LogP contribution in [-0.2, 0) is 21.3 Å². The number of sulfonamides is 1. The van der Waals surface area contributed by atoms with E-state index in [0.29, 0.717) is 12.5 Å². The lowest BCUT2D eigenvalue weighted by Gasteiger charge is -2.33. The van der Waals surface area contributed by atoms with Crippen molar-refractivity contribution in [3.8, 4) is 0 Å². The predicted molar refractivity (Wildman–Crippen MR) is 124 cm³/mol. The van der Waals surface area contributed by atoms with Gasteiger partial charge in [-0.15, -0.1) is 0 Å². The summed E-state index contributed by atoms with van der Waals surface area (Å²) in [7, 11) is -3.25. The summed E-state index contributed by atoms with van der Waals surface area (Å²) < 4.78 is 33.0. The Balaban J connectivity index is 1.35. The number of nitrogens with one attached hydrogen (secondary N) is 1. The van der Waals surface area contributed by atoms with Crippen LogP contribution in [0.4, 0.5) is 0 Å². The second-order valence-corrected chi connectivity index (χ2v) is 10.8. The molecule has 1 saturated carbocycles. The van der Waals surface area contributed by atoms with Crippen molar-refractivity contribution in [2.24, 2.45) is 0 Å². The van der Waals surface area contributed by atoms with Crippen LogP contribution >= 0.6 is 0 Å². The van der Waals surface area contributed by atoms with E-state index in [-0.39, 0.29) is 18.2 Å². The molecule has 2 aliphatic rings. The van der Waals surface area contributed by atoms with E-state index >= 15 is 0 Å². The number of likely N-dealkylation sites (tertiary alicyclic amines) is 1. The van der Waals surface area contributed by atoms with Gasteiger partial charge in [-0.25, -0.2) is 13.1 Å². The van der Waals surface area contributed by atoms with Gasteiger partial charge >= 0.3 is 0 Å². The molecule has 4 rings (SSSR count). The van der Waals surface area contributed by atoms with E-state index in [0.717, 1.165) is 45.2 Å². The lowest BCUT2D eigenvalue weighted by atomic mass is 9.83. The highest BCUT2D eigenvalue weighted by molar-refractivity contribution is 7.88. The summed E-state index contributed by atoms with van der Waals surface area (Å²) in [5, 5.41) is 0. The van der Waals surface area contributed by atoms with Gasteiger partial charge in [0.25, 0.3) is 0 Å². The van der Waals surface area contributed by atoms with Gasteiger partial charge < -0.3 is 4.74 Å². The maximum atomic E-state index is 11.9. The summed E-state index contributed by atoms with van der Waals surface area (Å²) in [5.74, 6) is 0.627. The Labute approximate surface area is 186 Å². The van der Waals surface area contributed by atoms with Gasteiger partial charge in [-0.1, -0.05) is 60.7 Å². The second-order valence-electron chi connectivity index (χ2n) is 9.03. The summed E-state index contributed by atoms with van der Waals surface area (Å²) in [5.41, 5.74) is 2.68. The number of benzene rings is 2. The number of hydrogen-bond donors (Lipinski definition) is 1. The van der Waals surface area contributed by atoms with Crippen LogP contribution < -0.4 is 4.72 Å². The minimum Gasteiger partial charge on any atom is -0.377 e.